The molecule has 1 aromatic heterocycles. The Kier molecular flexibility index (Phi) is 1.92. The average Bonchev–Trinajstić information content (AvgIpc) is 2.55. The second kappa shape index (κ2) is 3.10. The molecule has 2 atom stereocenters. The van der Waals surface area contributed by atoms with Gasteiger partial charge in [-0.25, -0.2) is 4.79 Å². The Labute approximate surface area is 93.2 Å². The topological polar surface area (TPSA) is 48.7 Å². The maximum absolute atomic E-state index is 11.7. The van der Waals surface area contributed by atoms with Gasteiger partial charge in [0, 0.05) is 18.9 Å². The fourth-order valence-electron chi connectivity index (χ4n) is 2.53. The van der Waals surface area contributed by atoms with Gasteiger partial charge >= 0.3 is 5.63 Å². The first-order chi connectivity index (χ1) is 7.58. The van der Waals surface area contributed by atoms with Crippen molar-refractivity contribution in [2.75, 3.05) is 6.61 Å². The summed E-state index contributed by atoms with van der Waals surface area (Å²) in [6.45, 7) is 4.38. The van der Waals surface area contributed by atoms with Gasteiger partial charge in [-0.05, 0) is 19.8 Å². The van der Waals surface area contributed by atoms with Gasteiger partial charge in [0.1, 0.15) is 11.5 Å². The SMILES string of the molecule is Cc1cc2c(c(=O)o1)C[C@@H]1CCO[C@]1(C)O2. The zero-order valence-corrected chi connectivity index (χ0v) is 9.41. The van der Waals surface area contributed by atoms with Crippen LogP contribution in [0.4, 0.5) is 0 Å². The first-order valence-electron chi connectivity index (χ1n) is 5.55. The number of hydrogen-bond donors (Lipinski definition) is 0. The number of rotatable bonds is 0. The number of ether oxygens (including phenoxy) is 2. The highest BCUT2D eigenvalue weighted by molar-refractivity contribution is 5.34. The lowest BCUT2D eigenvalue weighted by Crippen LogP contribution is -2.43. The highest BCUT2D eigenvalue weighted by Gasteiger charge is 2.46. The molecule has 0 N–H and O–H groups in total. The molecule has 86 valence electrons. The predicted molar refractivity (Wildman–Crippen MR) is 56.5 cm³/mol. The lowest BCUT2D eigenvalue weighted by molar-refractivity contribution is -0.166. The fourth-order valence-corrected chi connectivity index (χ4v) is 2.53. The van der Waals surface area contributed by atoms with Gasteiger partial charge in [-0.1, -0.05) is 0 Å². The van der Waals surface area contributed by atoms with Crippen molar-refractivity contribution in [1.82, 2.24) is 0 Å². The molecule has 3 heterocycles. The second-order valence-corrected chi connectivity index (χ2v) is 4.64. The summed E-state index contributed by atoms with van der Waals surface area (Å²) >= 11 is 0. The van der Waals surface area contributed by atoms with E-state index in [0.717, 1.165) is 6.42 Å². The van der Waals surface area contributed by atoms with E-state index in [0.29, 0.717) is 30.1 Å². The summed E-state index contributed by atoms with van der Waals surface area (Å²) in [5.41, 5.74) is 0.377. The van der Waals surface area contributed by atoms with Crippen molar-refractivity contribution in [3.63, 3.8) is 0 Å². The molecular weight excluding hydrogens is 208 g/mol. The van der Waals surface area contributed by atoms with Crippen molar-refractivity contribution >= 4 is 0 Å². The molecule has 0 aliphatic carbocycles. The normalized spacial score (nSPS) is 31.8. The minimum atomic E-state index is -0.562. The predicted octanol–water partition coefficient (Wildman–Crippen LogP) is 1.64. The lowest BCUT2D eigenvalue weighted by Gasteiger charge is -2.35. The Morgan fingerprint density at radius 2 is 2.31 bits per heavy atom. The van der Waals surface area contributed by atoms with Crippen molar-refractivity contribution in [3.8, 4) is 5.75 Å². The fraction of sp³-hybridized carbons (Fsp3) is 0.583. The van der Waals surface area contributed by atoms with E-state index < -0.39 is 5.79 Å². The van der Waals surface area contributed by atoms with E-state index in [1.54, 1.807) is 13.0 Å². The van der Waals surface area contributed by atoms with Crippen LogP contribution in [0.15, 0.2) is 15.3 Å². The third-order valence-corrected chi connectivity index (χ3v) is 3.49. The van der Waals surface area contributed by atoms with E-state index >= 15 is 0 Å². The molecule has 2 aliphatic heterocycles. The van der Waals surface area contributed by atoms with Crippen LogP contribution in [0.2, 0.25) is 0 Å². The molecule has 2 aliphatic rings. The largest absolute Gasteiger partial charge is 0.462 e. The van der Waals surface area contributed by atoms with Crippen molar-refractivity contribution in [2.45, 2.75) is 32.5 Å². The molecule has 0 spiro atoms. The van der Waals surface area contributed by atoms with E-state index in [1.165, 1.54) is 0 Å². The molecule has 1 saturated heterocycles. The average molecular weight is 222 g/mol. The van der Waals surface area contributed by atoms with Crippen LogP contribution in [0.5, 0.6) is 5.75 Å². The number of hydrogen-bond acceptors (Lipinski definition) is 4. The van der Waals surface area contributed by atoms with Gasteiger partial charge in [-0.3, -0.25) is 0 Å². The van der Waals surface area contributed by atoms with Crippen LogP contribution in [-0.4, -0.2) is 12.4 Å². The van der Waals surface area contributed by atoms with Gasteiger partial charge in [0.25, 0.3) is 0 Å². The number of fused-ring (bicyclic) bond motifs is 2. The summed E-state index contributed by atoms with van der Waals surface area (Å²) in [5, 5.41) is 0. The van der Waals surface area contributed by atoms with Crippen LogP contribution >= 0.6 is 0 Å². The zero-order chi connectivity index (χ0) is 11.3. The summed E-state index contributed by atoms with van der Waals surface area (Å²) in [5.74, 6) is 0.886. The van der Waals surface area contributed by atoms with Crippen LogP contribution in [0.1, 0.15) is 24.7 Å². The molecule has 1 fully saturated rings. The Bertz CT molecular complexity index is 490. The maximum Gasteiger partial charge on any atom is 0.342 e. The quantitative estimate of drug-likeness (QED) is 0.669. The van der Waals surface area contributed by atoms with Gasteiger partial charge in [0.05, 0.1) is 12.2 Å². The summed E-state index contributed by atoms with van der Waals surface area (Å²) in [4.78, 5) is 11.7. The molecule has 3 rings (SSSR count). The molecule has 0 saturated carbocycles. The first-order valence-corrected chi connectivity index (χ1v) is 5.55. The Hall–Kier alpha value is -1.29. The minimum absolute atomic E-state index is 0.255. The van der Waals surface area contributed by atoms with Crippen molar-refractivity contribution < 1.29 is 13.9 Å². The molecule has 0 unspecified atom stereocenters. The molecule has 0 amide bonds. The summed E-state index contributed by atoms with van der Waals surface area (Å²) in [6, 6.07) is 1.76. The zero-order valence-electron chi connectivity index (χ0n) is 9.41. The summed E-state index contributed by atoms with van der Waals surface area (Å²) in [6.07, 6.45) is 1.62. The third-order valence-electron chi connectivity index (χ3n) is 3.49. The first kappa shape index (κ1) is 9.90. The molecule has 4 heteroatoms. The Morgan fingerprint density at radius 1 is 1.50 bits per heavy atom. The van der Waals surface area contributed by atoms with Crippen LogP contribution in [0.3, 0.4) is 0 Å². The molecule has 1 aromatic rings. The second-order valence-electron chi connectivity index (χ2n) is 4.64. The van der Waals surface area contributed by atoms with E-state index in [4.69, 9.17) is 13.9 Å². The van der Waals surface area contributed by atoms with Gasteiger partial charge < -0.3 is 13.9 Å². The lowest BCUT2D eigenvalue weighted by atomic mass is 9.89. The van der Waals surface area contributed by atoms with Crippen molar-refractivity contribution in [2.24, 2.45) is 5.92 Å². The van der Waals surface area contributed by atoms with Crippen LogP contribution < -0.4 is 10.4 Å². The monoisotopic (exact) mass is 222 g/mol. The van der Waals surface area contributed by atoms with E-state index in [9.17, 15) is 4.79 Å². The van der Waals surface area contributed by atoms with E-state index in [1.807, 2.05) is 6.92 Å². The summed E-state index contributed by atoms with van der Waals surface area (Å²) < 4.78 is 16.5. The molecule has 0 aromatic carbocycles. The van der Waals surface area contributed by atoms with Crippen LogP contribution in [0.25, 0.3) is 0 Å². The van der Waals surface area contributed by atoms with Gasteiger partial charge in [0.15, 0.2) is 0 Å². The van der Waals surface area contributed by atoms with E-state index in [-0.39, 0.29) is 11.5 Å². The van der Waals surface area contributed by atoms with E-state index in [2.05, 4.69) is 0 Å². The highest BCUT2D eigenvalue weighted by atomic mass is 16.7. The highest BCUT2D eigenvalue weighted by Crippen LogP contribution is 2.41. The standard InChI is InChI=1S/C12H14O4/c1-7-5-10-9(11(13)15-7)6-8-3-4-14-12(8,2)16-10/h5,8H,3-4,6H2,1-2H3/t8-,12+/m0/s1. The molecule has 4 nitrogen and oxygen atoms in total. The maximum atomic E-state index is 11.7. The van der Waals surface area contributed by atoms with Gasteiger partial charge in [-0.15, -0.1) is 0 Å². The third kappa shape index (κ3) is 1.29. The molecular formula is C12H14O4. The van der Waals surface area contributed by atoms with Gasteiger partial charge in [0.2, 0.25) is 5.79 Å². The van der Waals surface area contributed by atoms with Crippen LogP contribution in [-0.2, 0) is 11.2 Å². The van der Waals surface area contributed by atoms with Crippen molar-refractivity contribution in [3.05, 3.63) is 27.8 Å². The molecule has 0 bridgehead atoms. The Morgan fingerprint density at radius 3 is 3.12 bits per heavy atom. The van der Waals surface area contributed by atoms with Crippen LogP contribution in [0, 0.1) is 12.8 Å². The van der Waals surface area contributed by atoms with Gasteiger partial charge in [-0.2, -0.15) is 0 Å². The summed E-state index contributed by atoms with van der Waals surface area (Å²) in [7, 11) is 0. The smallest absolute Gasteiger partial charge is 0.342 e. The number of aryl methyl sites for hydroxylation is 1. The molecule has 0 radical (unpaired) electrons. The van der Waals surface area contributed by atoms with Crippen molar-refractivity contribution in [1.29, 1.82) is 0 Å². The molecule has 16 heavy (non-hydrogen) atoms. The Balaban J connectivity index is 2.11. The minimum Gasteiger partial charge on any atom is -0.462 e.